The lowest BCUT2D eigenvalue weighted by Crippen LogP contribution is -2.36. The first-order valence-electron chi connectivity index (χ1n) is 13.2. The molecule has 1 aliphatic heterocycles. The molecule has 2 N–H and O–H groups in total. The minimum Gasteiger partial charge on any atom is -0.495 e. The van der Waals surface area contributed by atoms with Crippen LogP contribution in [0.3, 0.4) is 0 Å². The summed E-state index contributed by atoms with van der Waals surface area (Å²) >= 11 is 6.82. The number of rotatable bonds is 11. The number of imide groups is 1. The molecular formula is C31H30ClN3O7S. The van der Waals surface area contributed by atoms with Gasteiger partial charge in [0.2, 0.25) is 5.91 Å². The zero-order chi connectivity index (χ0) is 31.1. The first-order valence-corrected chi connectivity index (χ1v) is 14.4. The molecule has 0 bridgehead atoms. The first kappa shape index (κ1) is 31.5. The molecule has 0 radical (unpaired) electrons. The molecule has 1 saturated heterocycles. The molecule has 1 heterocycles. The standard InChI is InChI=1S/C31H30ClN3O7S/c1-18(2)21-7-5-6-8-23(21)34-29(37)17-42-25-11-9-19(13-26(25)41-4)14-27-30(38)35(31(39)43-27)16-28(36)33-20-10-12-24(40-3)22(32)15-20/h5-15,18H,16-17H2,1-4H3,(H,33,36)(H,34,37)/b27-14-. The van der Waals surface area contributed by atoms with Crippen LogP contribution in [-0.4, -0.2) is 55.2 Å². The number of amides is 4. The minimum atomic E-state index is -0.601. The topological polar surface area (TPSA) is 123 Å². The van der Waals surface area contributed by atoms with E-state index in [1.54, 1.807) is 30.3 Å². The van der Waals surface area contributed by atoms with E-state index in [9.17, 15) is 19.2 Å². The summed E-state index contributed by atoms with van der Waals surface area (Å²) in [7, 11) is 2.93. The zero-order valence-electron chi connectivity index (χ0n) is 23.9. The lowest BCUT2D eigenvalue weighted by atomic mass is 10.0. The van der Waals surface area contributed by atoms with Crippen molar-refractivity contribution in [3.8, 4) is 17.2 Å². The Morgan fingerprint density at radius 1 is 0.930 bits per heavy atom. The summed E-state index contributed by atoms with van der Waals surface area (Å²) in [5.41, 5.74) is 2.70. The summed E-state index contributed by atoms with van der Waals surface area (Å²) in [6.45, 7) is 3.38. The minimum absolute atomic E-state index is 0.143. The van der Waals surface area contributed by atoms with Gasteiger partial charge in [-0.25, -0.2) is 0 Å². The number of methoxy groups -OCH3 is 2. The molecular weight excluding hydrogens is 594 g/mol. The van der Waals surface area contributed by atoms with Gasteiger partial charge >= 0.3 is 0 Å². The fourth-order valence-corrected chi connectivity index (χ4v) is 5.31. The maximum atomic E-state index is 13.0. The van der Waals surface area contributed by atoms with Crippen LogP contribution in [0, 0.1) is 0 Å². The molecule has 12 heteroatoms. The van der Waals surface area contributed by atoms with Gasteiger partial charge < -0.3 is 24.8 Å². The van der Waals surface area contributed by atoms with E-state index in [0.29, 0.717) is 33.5 Å². The summed E-state index contributed by atoms with van der Waals surface area (Å²) in [5.74, 6) is -0.146. The largest absolute Gasteiger partial charge is 0.495 e. The second-order valence-corrected chi connectivity index (χ2v) is 11.1. The molecule has 224 valence electrons. The number of anilines is 2. The molecule has 0 aliphatic carbocycles. The van der Waals surface area contributed by atoms with Crippen molar-refractivity contribution in [3.63, 3.8) is 0 Å². The van der Waals surface area contributed by atoms with Gasteiger partial charge in [-0.3, -0.25) is 24.1 Å². The number of hydrogen-bond donors (Lipinski definition) is 2. The van der Waals surface area contributed by atoms with Crippen LogP contribution in [0.25, 0.3) is 6.08 Å². The molecule has 0 aromatic heterocycles. The molecule has 0 atom stereocenters. The van der Waals surface area contributed by atoms with Crippen molar-refractivity contribution in [1.82, 2.24) is 4.90 Å². The van der Waals surface area contributed by atoms with Crippen LogP contribution in [0.2, 0.25) is 5.02 Å². The third-order valence-electron chi connectivity index (χ3n) is 6.31. The number of benzene rings is 3. The Morgan fingerprint density at radius 3 is 2.35 bits per heavy atom. The van der Waals surface area contributed by atoms with E-state index >= 15 is 0 Å². The van der Waals surface area contributed by atoms with Gasteiger partial charge in [0, 0.05) is 11.4 Å². The Hall–Kier alpha value is -4.48. The third kappa shape index (κ3) is 7.88. The number of carbonyl (C=O) groups excluding carboxylic acids is 4. The van der Waals surface area contributed by atoms with Gasteiger partial charge in [0.05, 0.1) is 24.1 Å². The van der Waals surface area contributed by atoms with Crippen LogP contribution >= 0.6 is 23.4 Å². The fourth-order valence-electron chi connectivity index (χ4n) is 4.21. The molecule has 4 amide bonds. The number of halogens is 1. The molecule has 10 nitrogen and oxygen atoms in total. The van der Waals surface area contributed by atoms with Crippen LogP contribution in [0.5, 0.6) is 17.2 Å². The highest BCUT2D eigenvalue weighted by Gasteiger charge is 2.36. The molecule has 1 aliphatic rings. The molecule has 0 unspecified atom stereocenters. The third-order valence-corrected chi connectivity index (χ3v) is 7.51. The summed E-state index contributed by atoms with van der Waals surface area (Å²) in [4.78, 5) is 51.6. The van der Waals surface area contributed by atoms with Gasteiger partial charge in [0.15, 0.2) is 18.1 Å². The summed E-state index contributed by atoms with van der Waals surface area (Å²) in [5, 5.41) is 5.22. The Labute approximate surface area is 258 Å². The summed E-state index contributed by atoms with van der Waals surface area (Å²) in [6.07, 6.45) is 1.52. The van der Waals surface area contributed by atoms with Gasteiger partial charge in [-0.2, -0.15) is 0 Å². The van der Waals surface area contributed by atoms with Gasteiger partial charge in [0.1, 0.15) is 12.3 Å². The van der Waals surface area contributed by atoms with Crippen molar-refractivity contribution < 1.29 is 33.4 Å². The highest BCUT2D eigenvalue weighted by atomic mass is 35.5. The second kappa shape index (κ2) is 14.1. The van der Waals surface area contributed by atoms with Gasteiger partial charge in [0.25, 0.3) is 17.1 Å². The molecule has 0 spiro atoms. The number of hydrogen-bond acceptors (Lipinski definition) is 8. The molecule has 1 fully saturated rings. The van der Waals surface area contributed by atoms with E-state index in [2.05, 4.69) is 10.6 Å². The number of carbonyl (C=O) groups is 4. The van der Waals surface area contributed by atoms with Crippen molar-refractivity contribution in [2.75, 3.05) is 38.0 Å². The predicted octanol–water partition coefficient (Wildman–Crippen LogP) is 6.17. The van der Waals surface area contributed by atoms with Crippen molar-refractivity contribution >= 4 is 63.8 Å². The zero-order valence-corrected chi connectivity index (χ0v) is 25.5. The molecule has 0 saturated carbocycles. The van der Waals surface area contributed by atoms with Crippen molar-refractivity contribution in [2.24, 2.45) is 0 Å². The maximum Gasteiger partial charge on any atom is 0.294 e. The van der Waals surface area contributed by atoms with Crippen LogP contribution in [0.4, 0.5) is 16.2 Å². The van der Waals surface area contributed by atoms with E-state index in [-0.39, 0.29) is 23.3 Å². The van der Waals surface area contributed by atoms with Crippen LogP contribution < -0.4 is 24.8 Å². The Bertz CT molecular complexity index is 1590. The van der Waals surface area contributed by atoms with E-state index in [0.717, 1.165) is 27.9 Å². The molecule has 4 rings (SSSR count). The van der Waals surface area contributed by atoms with Crippen molar-refractivity contribution in [3.05, 3.63) is 81.7 Å². The fraction of sp³-hybridized carbons (Fsp3) is 0.226. The first-order chi connectivity index (χ1) is 20.6. The highest BCUT2D eigenvalue weighted by molar-refractivity contribution is 8.18. The molecule has 3 aromatic rings. The number of ether oxygens (including phenoxy) is 3. The smallest absolute Gasteiger partial charge is 0.294 e. The number of nitrogens with one attached hydrogen (secondary N) is 2. The Kier molecular flexibility index (Phi) is 10.3. The Morgan fingerprint density at radius 2 is 1.65 bits per heavy atom. The monoisotopic (exact) mass is 623 g/mol. The lowest BCUT2D eigenvalue weighted by Gasteiger charge is -2.15. The normalized spacial score (nSPS) is 13.8. The number of nitrogens with zero attached hydrogens (tertiary/aromatic N) is 1. The number of thioether (sulfide) groups is 1. The average Bonchev–Trinajstić information content (AvgIpc) is 3.23. The van der Waals surface area contributed by atoms with Gasteiger partial charge in [-0.05, 0) is 71.3 Å². The average molecular weight is 624 g/mol. The molecule has 3 aromatic carbocycles. The van der Waals surface area contributed by atoms with Gasteiger partial charge in [-0.15, -0.1) is 0 Å². The highest BCUT2D eigenvalue weighted by Crippen LogP contribution is 2.35. The van der Waals surface area contributed by atoms with E-state index in [1.807, 2.05) is 38.1 Å². The summed E-state index contributed by atoms with van der Waals surface area (Å²) in [6, 6.07) is 17.2. The van der Waals surface area contributed by atoms with Crippen LogP contribution in [0.1, 0.15) is 30.9 Å². The maximum absolute atomic E-state index is 13.0. The molecule has 43 heavy (non-hydrogen) atoms. The lowest BCUT2D eigenvalue weighted by molar-refractivity contribution is -0.127. The van der Waals surface area contributed by atoms with Crippen molar-refractivity contribution in [1.29, 1.82) is 0 Å². The number of para-hydroxylation sites is 1. The van der Waals surface area contributed by atoms with Crippen LogP contribution in [0.15, 0.2) is 65.6 Å². The van der Waals surface area contributed by atoms with E-state index in [4.69, 9.17) is 25.8 Å². The van der Waals surface area contributed by atoms with E-state index < -0.39 is 23.6 Å². The van der Waals surface area contributed by atoms with Gasteiger partial charge in [-0.1, -0.05) is 49.7 Å². The van der Waals surface area contributed by atoms with E-state index in [1.165, 1.54) is 26.4 Å². The quantitative estimate of drug-likeness (QED) is 0.243. The summed E-state index contributed by atoms with van der Waals surface area (Å²) < 4.78 is 16.2. The Balaban J connectivity index is 1.38. The SMILES string of the molecule is COc1ccc(NC(=O)CN2C(=O)S/C(=C\c3ccc(OCC(=O)Nc4ccccc4C(C)C)c(OC)c3)C2=O)cc1Cl. The predicted molar refractivity (Wildman–Crippen MR) is 167 cm³/mol. The van der Waals surface area contributed by atoms with Crippen molar-refractivity contribution in [2.45, 2.75) is 19.8 Å². The van der Waals surface area contributed by atoms with Crippen LogP contribution in [-0.2, 0) is 14.4 Å². The second-order valence-electron chi connectivity index (χ2n) is 9.65.